The molecule has 0 fully saturated rings. The van der Waals surface area contributed by atoms with Gasteiger partial charge in [0, 0.05) is 15.6 Å². The van der Waals surface area contributed by atoms with Crippen LogP contribution in [0.1, 0.15) is 21.5 Å². The molecule has 3 aromatic carbocycles. The molecule has 1 amide bonds. The molecule has 0 aliphatic heterocycles. The highest BCUT2D eigenvalue weighted by Gasteiger charge is 2.22. The number of nitrogens with one attached hydrogen (secondary N) is 1. The molecule has 0 atom stereocenters. The first-order valence-corrected chi connectivity index (χ1v) is 11.7. The fourth-order valence-electron chi connectivity index (χ4n) is 2.79. The summed E-state index contributed by atoms with van der Waals surface area (Å²) < 4.78 is 25.7. The summed E-state index contributed by atoms with van der Waals surface area (Å²) in [6.07, 6.45) is 0. The Balaban J connectivity index is 1.86. The van der Waals surface area contributed by atoms with E-state index in [4.69, 9.17) is 11.6 Å². The van der Waals surface area contributed by atoms with Crippen LogP contribution in [0.15, 0.2) is 76.1 Å². The average molecular weight is 507 g/mol. The molecular formula is C22H17BrClNO4S. The molecular weight excluding hydrogens is 490 g/mol. The van der Waals surface area contributed by atoms with Gasteiger partial charge in [-0.1, -0.05) is 57.4 Å². The van der Waals surface area contributed by atoms with Crippen LogP contribution in [-0.2, 0) is 14.6 Å². The summed E-state index contributed by atoms with van der Waals surface area (Å²) in [6.45, 7) is 1.84. The Labute approximate surface area is 188 Å². The zero-order valence-electron chi connectivity index (χ0n) is 15.9. The molecule has 154 valence electrons. The lowest BCUT2D eigenvalue weighted by molar-refractivity contribution is -0.113. The predicted octanol–water partition coefficient (Wildman–Crippen LogP) is 5.05. The Morgan fingerprint density at radius 1 is 0.967 bits per heavy atom. The molecule has 0 heterocycles. The zero-order valence-corrected chi connectivity index (χ0v) is 19.0. The van der Waals surface area contributed by atoms with E-state index in [1.807, 2.05) is 6.92 Å². The number of sulfone groups is 1. The van der Waals surface area contributed by atoms with Crippen LogP contribution in [0, 0.1) is 6.92 Å². The first kappa shape index (κ1) is 22.2. The Kier molecular flexibility index (Phi) is 6.75. The molecule has 0 aliphatic carbocycles. The fourth-order valence-corrected chi connectivity index (χ4v) is 4.51. The minimum absolute atomic E-state index is 0.0615. The van der Waals surface area contributed by atoms with Gasteiger partial charge in [-0.2, -0.15) is 0 Å². The van der Waals surface area contributed by atoms with Crippen molar-refractivity contribution in [3.05, 3.63) is 92.9 Å². The molecule has 0 saturated heterocycles. The summed E-state index contributed by atoms with van der Waals surface area (Å²) >= 11 is 9.45. The van der Waals surface area contributed by atoms with Gasteiger partial charge in [0.05, 0.1) is 15.6 Å². The van der Waals surface area contributed by atoms with Gasteiger partial charge in [-0.15, -0.1) is 0 Å². The van der Waals surface area contributed by atoms with Crippen LogP contribution in [0.3, 0.4) is 0 Å². The van der Waals surface area contributed by atoms with E-state index in [0.29, 0.717) is 4.47 Å². The molecule has 8 heteroatoms. The summed E-state index contributed by atoms with van der Waals surface area (Å²) in [4.78, 5) is 25.5. The lowest BCUT2D eigenvalue weighted by Gasteiger charge is -2.12. The molecule has 5 nitrogen and oxygen atoms in total. The van der Waals surface area contributed by atoms with Crippen LogP contribution < -0.4 is 5.32 Å². The first-order valence-electron chi connectivity index (χ1n) is 8.85. The number of ketones is 1. The SMILES string of the molecule is Cc1ccc(S(=O)(=O)CC(=O)Nc2ccc(Br)cc2C(=O)c2ccccc2Cl)cc1. The summed E-state index contributed by atoms with van der Waals surface area (Å²) in [7, 11) is -3.82. The third-order valence-corrected chi connectivity index (χ3v) is 6.78. The van der Waals surface area contributed by atoms with Crippen molar-refractivity contribution in [3.8, 4) is 0 Å². The highest BCUT2D eigenvalue weighted by Crippen LogP contribution is 2.27. The molecule has 0 aliphatic rings. The third kappa shape index (κ3) is 5.16. The monoisotopic (exact) mass is 505 g/mol. The van der Waals surface area contributed by atoms with E-state index in [2.05, 4.69) is 21.2 Å². The zero-order chi connectivity index (χ0) is 21.9. The smallest absolute Gasteiger partial charge is 0.239 e. The van der Waals surface area contributed by atoms with Gasteiger partial charge in [0.25, 0.3) is 0 Å². The lowest BCUT2D eigenvalue weighted by Crippen LogP contribution is -2.24. The minimum Gasteiger partial charge on any atom is -0.325 e. The minimum atomic E-state index is -3.82. The molecule has 3 rings (SSSR count). The summed E-state index contributed by atoms with van der Waals surface area (Å²) in [5.41, 5.74) is 1.59. The number of benzene rings is 3. The van der Waals surface area contributed by atoms with Crippen LogP contribution in [-0.4, -0.2) is 25.9 Å². The Morgan fingerprint density at radius 3 is 2.30 bits per heavy atom. The number of carbonyl (C=O) groups is 2. The van der Waals surface area contributed by atoms with Gasteiger partial charge in [0.15, 0.2) is 15.6 Å². The predicted molar refractivity (Wildman–Crippen MR) is 121 cm³/mol. The quantitative estimate of drug-likeness (QED) is 0.474. The number of halogens is 2. The van der Waals surface area contributed by atoms with Crippen LogP contribution in [0.2, 0.25) is 5.02 Å². The molecule has 1 N–H and O–H groups in total. The van der Waals surface area contributed by atoms with Gasteiger partial charge < -0.3 is 5.32 Å². The summed E-state index contributed by atoms with van der Waals surface area (Å²) in [6, 6.07) is 17.6. The molecule has 30 heavy (non-hydrogen) atoms. The normalized spacial score (nSPS) is 11.2. The molecule has 0 spiro atoms. The second-order valence-corrected chi connectivity index (χ2v) is 9.93. The molecule has 0 aromatic heterocycles. The second kappa shape index (κ2) is 9.12. The van der Waals surface area contributed by atoms with E-state index >= 15 is 0 Å². The Morgan fingerprint density at radius 2 is 1.63 bits per heavy atom. The average Bonchev–Trinajstić information content (AvgIpc) is 2.69. The topological polar surface area (TPSA) is 80.3 Å². The lowest BCUT2D eigenvalue weighted by atomic mass is 10.0. The molecule has 0 bridgehead atoms. The number of amides is 1. The summed E-state index contributed by atoms with van der Waals surface area (Å²) in [5.74, 6) is -1.88. The number of rotatable bonds is 6. The third-order valence-electron chi connectivity index (χ3n) is 4.32. The van der Waals surface area contributed by atoms with Crippen molar-refractivity contribution in [2.75, 3.05) is 11.1 Å². The maximum Gasteiger partial charge on any atom is 0.239 e. The molecule has 0 radical (unpaired) electrons. The second-order valence-electron chi connectivity index (χ2n) is 6.62. The van der Waals surface area contributed by atoms with Gasteiger partial charge in [-0.05, 0) is 49.4 Å². The van der Waals surface area contributed by atoms with E-state index < -0.39 is 27.3 Å². The van der Waals surface area contributed by atoms with Crippen molar-refractivity contribution in [2.24, 2.45) is 0 Å². The van der Waals surface area contributed by atoms with Crippen molar-refractivity contribution in [1.82, 2.24) is 0 Å². The standard InChI is InChI=1S/C22H17BrClNO4S/c1-14-6-9-16(10-7-14)30(28,29)13-21(26)25-20-11-8-15(23)12-18(20)22(27)17-4-2-3-5-19(17)24/h2-12H,13H2,1H3,(H,25,26). The number of carbonyl (C=O) groups excluding carboxylic acids is 2. The van der Waals surface area contributed by atoms with Crippen molar-refractivity contribution >= 4 is 54.7 Å². The van der Waals surface area contributed by atoms with E-state index in [1.54, 1.807) is 48.5 Å². The highest BCUT2D eigenvalue weighted by molar-refractivity contribution is 9.10. The van der Waals surface area contributed by atoms with Gasteiger partial charge in [0.2, 0.25) is 5.91 Å². The van der Waals surface area contributed by atoms with Gasteiger partial charge in [0.1, 0.15) is 5.75 Å². The van der Waals surface area contributed by atoms with Crippen molar-refractivity contribution < 1.29 is 18.0 Å². The van der Waals surface area contributed by atoms with Crippen LogP contribution >= 0.6 is 27.5 Å². The molecule has 3 aromatic rings. The highest BCUT2D eigenvalue weighted by atomic mass is 79.9. The van der Waals surface area contributed by atoms with Crippen molar-refractivity contribution in [2.45, 2.75) is 11.8 Å². The first-order chi connectivity index (χ1) is 14.2. The van der Waals surface area contributed by atoms with Crippen LogP contribution in [0.5, 0.6) is 0 Å². The number of hydrogen-bond acceptors (Lipinski definition) is 4. The van der Waals surface area contributed by atoms with Crippen molar-refractivity contribution in [3.63, 3.8) is 0 Å². The Hall–Kier alpha value is -2.48. The molecule has 0 saturated carbocycles. The van der Waals surface area contributed by atoms with E-state index in [1.165, 1.54) is 18.2 Å². The van der Waals surface area contributed by atoms with E-state index in [-0.39, 0.29) is 26.7 Å². The van der Waals surface area contributed by atoms with E-state index in [9.17, 15) is 18.0 Å². The van der Waals surface area contributed by atoms with Crippen LogP contribution in [0.4, 0.5) is 5.69 Å². The summed E-state index contributed by atoms with van der Waals surface area (Å²) in [5, 5.41) is 2.82. The molecule has 0 unspecified atom stereocenters. The van der Waals surface area contributed by atoms with Crippen molar-refractivity contribution in [1.29, 1.82) is 0 Å². The maximum atomic E-state index is 13.0. The van der Waals surface area contributed by atoms with Gasteiger partial charge >= 0.3 is 0 Å². The van der Waals surface area contributed by atoms with Gasteiger partial charge in [-0.3, -0.25) is 9.59 Å². The Bertz CT molecular complexity index is 1220. The van der Waals surface area contributed by atoms with Crippen LogP contribution in [0.25, 0.3) is 0 Å². The largest absolute Gasteiger partial charge is 0.325 e. The van der Waals surface area contributed by atoms with E-state index in [0.717, 1.165) is 5.56 Å². The fraction of sp³-hybridized carbons (Fsp3) is 0.0909. The number of hydrogen-bond donors (Lipinski definition) is 1. The van der Waals surface area contributed by atoms with Gasteiger partial charge in [-0.25, -0.2) is 8.42 Å². The number of aryl methyl sites for hydroxylation is 1. The maximum absolute atomic E-state index is 13.0. The number of anilines is 1.